The topological polar surface area (TPSA) is 57.1 Å². The molecule has 0 radical (unpaired) electrons. The lowest BCUT2D eigenvalue weighted by atomic mass is 10.1. The molecule has 0 atom stereocenters. The largest absolute Gasteiger partial charge is 0.490 e. The van der Waals surface area contributed by atoms with E-state index in [4.69, 9.17) is 14.2 Å². The van der Waals surface area contributed by atoms with Crippen LogP contribution in [0.1, 0.15) is 24.2 Å². The number of ether oxygens (including phenoxy) is 3. The molecule has 0 fully saturated rings. The van der Waals surface area contributed by atoms with E-state index in [1.165, 1.54) is 13.2 Å². The maximum atomic E-state index is 11.7. The van der Waals surface area contributed by atoms with Crippen molar-refractivity contribution in [2.75, 3.05) is 20.3 Å². The summed E-state index contributed by atoms with van der Waals surface area (Å²) in [5, 5.41) is 2.23. The van der Waals surface area contributed by atoms with Gasteiger partial charge in [-0.3, -0.25) is 0 Å². The predicted molar refractivity (Wildman–Crippen MR) is 74.8 cm³/mol. The highest BCUT2D eigenvalue weighted by atomic mass is 32.1. The minimum absolute atomic E-state index is 0.256. The van der Waals surface area contributed by atoms with Crippen LogP contribution in [0.3, 0.4) is 0 Å². The molecule has 0 bridgehead atoms. The first-order chi connectivity index (χ1) is 9.17. The second-order valence-electron chi connectivity index (χ2n) is 3.38. The monoisotopic (exact) mass is 281 g/mol. The number of carbonyl (C=O) groups is 1. The van der Waals surface area contributed by atoms with E-state index in [0.29, 0.717) is 30.4 Å². The zero-order valence-electron chi connectivity index (χ0n) is 11.1. The number of benzene rings is 1. The third-order valence-electron chi connectivity index (χ3n) is 2.23. The SMILES string of the molecule is CCOc1cc(N=C=S)c(C(=O)OC)cc1OCC. The minimum Gasteiger partial charge on any atom is -0.490 e. The molecule has 0 aliphatic heterocycles. The summed E-state index contributed by atoms with van der Waals surface area (Å²) >= 11 is 4.57. The highest BCUT2D eigenvalue weighted by molar-refractivity contribution is 7.78. The molecule has 0 spiro atoms. The lowest BCUT2D eigenvalue weighted by molar-refractivity contribution is 0.0601. The summed E-state index contributed by atoms with van der Waals surface area (Å²) in [6, 6.07) is 3.12. The Morgan fingerprint density at radius 2 is 1.84 bits per heavy atom. The molecule has 0 heterocycles. The summed E-state index contributed by atoms with van der Waals surface area (Å²) in [5.74, 6) is 0.446. The zero-order valence-corrected chi connectivity index (χ0v) is 11.9. The second-order valence-corrected chi connectivity index (χ2v) is 3.56. The molecule has 0 N–H and O–H groups in total. The molecule has 0 saturated heterocycles. The first-order valence-electron chi connectivity index (χ1n) is 5.77. The summed E-state index contributed by atoms with van der Waals surface area (Å²) in [4.78, 5) is 15.5. The van der Waals surface area contributed by atoms with Crippen molar-refractivity contribution < 1.29 is 19.0 Å². The first kappa shape index (κ1) is 15.1. The Bertz CT molecular complexity index is 510. The molecule has 1 aromatic rings. The molecular weight excluding hydrogens is 266 g/mol. The van der Waals surface area contributed by atoms with E-state index in [2.05, 4.69) is 22.4 Å². The average Bonchev–Trinajstić information content (AvgIpc) is 2.41. The van der Waals surface area contributed by atoms with Crippen molar-refractivity contribution in [1.82, 2.24) is 0 Å². The molecule has 0 amide bonds. The summed E-state index contributed by atoms with van der Waals surface area (Å²) < 4.78 is 15.6. The molecule has 5 nitrogen and oxygen atoms in total. The number of methoxy groups -OCH3 is 1. The van der Waals surface area contributed by atoms with Crippen LogP contribution in [-0.2, 0) is 4.74 Å². The van der Waals surface area contributed by atoms with E-state index >= 15 is 0 Å². The van der Waals surface area contributed by atoms with E-state index in [0.717, 1.165) is 0 Å². The van der Waals surface area contributed by atoms with E-state index in [1.807, 2.05) is 13.8 Å². The van der Waals surface area contributed by atoms with Crippen LogP contribution >= 0.6 is 12.2 Å². The van der Waals surface area contributed by atoms with Crippen LogP contribution in [0, 0.1) is 0 Å². The number of rotatable bonds is 6. The molecule has 0 unspecified atom stereocenters. The lowest BCUT2D eigenvalue weighted by Gasteiger charge is -2.13. The van der Waals surface area contributed by atoms with Crippen LogP contribution in [0.15, 0.2) is 17.1 Å². The number of nitrogens with zero attached hydrogens (tertiary/aromatic N) is 1. The molecule has 1 rings (SSSR count). The fraction of sp³-hybridized carbons (Fsp3) is 0.385. The van der Waals surface area contributed by atoms with Crippen molar-refractivity contribution in [1.29, 1.82) is 0 Å². The van der Waals surface area contributed by atoms with Crippen LogP contribution < -0.4 is 9.47 Å². The number of carbonyl (C=O) groups excluding carboxylic acids is 1. The average molecular weight is 281 g/mol. The van der Waals surface area contributed by atoms with Gasteiger partial charge in [0.25, 0.3) is 0 Å². The molecule has 0 saturated carbocycles. The summed E-state index contributed by atoms with van der Waals surface area (Å²) in [6.07, 6.45) is 0. The lowest BCUT2D eigenvalue weighted by Crippen LogP contribution is -2.05. The van der Waals surface area contributed by atoms with E-state index in [-0.39, 0.29) is 5.56 Å². The number of hydrogen-bond donors (Lipinski definition) is 0. The maximum Gasteiger partial charge on any atom is 0.340 e. The van der Waals surface area contributed by atoms with Crippen LogP contribution in [0.5, 0.6) is 11.5 Å². The van der Waals surface area contributed by atoms with Crippen molar-refractivity contribution in [2.24, 2.45) is 4.99 Å². The van der Waals surface area contributed by atoms with Gasteiger partial charge in [-0.2, -0.15) is 4.99 Å². The Labute approximate surface area is 117 Å². The fourth-order valence-electron chi connectivity index (χ4n) is 1.50. The van der Waals surface area contributed by atoms with E-state index in [9.17, 15) is 4.79 Å². The van der Waals surface area contributed by atoms with Gasteiger partial charge in [-0.1, -0.05) is 0 Å². The van der Waals surface area contributed by atoms with E-state index in [1.54, 1.807) is 6.07 Å². The quantitative estimate of drug-likeness (QED) is 0.456. The molecule has 6 heteroatoms. The Morgan fingerprint density at radius 3 is 2.32 bits per heavy atom. The number of aliphatic imine (C=N–C) groups is 1. The van der Waals surface area contributed by atoms with Gasteiger partial charge in [-0.05, 0) is 26.1 Å². The molecule has 1 aromatic carbocycles. The zero-order chi connectivity index (χ0) is 14.3. The minimum atomic E-state index is -0.520. The summed E-state index contributed by atoms with van der Waals surface area (Å²) in [6.45, 7) is 4.62. The Morgan fingerprint density at radius 1 is 1.26 bits per heavy atom. The molecule has 0 aliphatic carbocycles. The predicted octanol–water partition coefficient (Wildman–Crippen LogP) is 3.00. The van der Waals surface area contributed by atoms with Gasteiger partial charge in [-0.25, -0.2) is 4.79 Å². The molecular formula is C13H15NO4S. The van der Waals surface area contributed by atoms with Crippen molar-refractivity contribution in [2.45, 2.75) is 13.8 Å². The third kappa shape index (κ3) is 3.77. The Balaban J connectivity index is 3.39. The standard InChI is InChI=1S/C13H15NO4S/c1-4-17-11-6-9(13(15)16-3)10(14-8-19)7-12(11)18-5-2/h6-7H,4-5H2,1-3H3. The van der Waals surface area contributed by atoms with Crippen LogP contribution in [0.2, 0.25) is 0 Å². The van der Waals surface area contributed by atoms with Gasteiger partial charge in [-0.15, -0.1) is 0 Å². The summed E-state index contributed by atoms with van der Waals surface area (Å²) in [5.41, 5.74) is 0.598. The van der Waals surface area contributed by atoms with Gasteiger partial charge in [0.15, 0.2) is 11.5 Å². The van der Waals surface area contributed by atoms with Gasteiger partial charge in [0.2, 0.25) is 0 Å². The molecule has 0 aliphatic rings. The smallest absolute Gasteiger partial charge is 0.340 e. The van der Waals surface area contributed by atoms with Crippen molar-refractivity contribution in [3.8, 4) is 11.5 Å². The maximum absolute atomic E-state index is 11.7. The Kier molecular flexibility index (Phi) is 5.99. The van der Waals surface area contributed by atoms with E-state index < -0.39 is 5.97 Å². The van der Waals surface area contributed by atoms with Crippen molar-refractivity contribution in [3.05, 3.63) is 17.7 Å². The van der Waals surface area contributed by atoms with Crippen LogP contribution in [0.25, 0.3) is 0 Å². The molecule has 0 aromatic heterocycles. The van der Waals surface area contributed by atoms with Crippen molar-refractivity contribution >= 4 is 29.0 Å². The van der Waals surface area contributed by atoms with Crippen LogP contribution in [-0.4, -0.2) is 31.5 Å². The Hall–Kier alpha value is -1.91. The highest BCUT2D eigenvalue weighted by Crippen LogP contribution is 2.35. The van der Waals surface area contributed by atoms with Crippen LogP contribution in [0.4, 0.5) is 5.69 Å². The molecule has 102 valence electrons. The fourth-order valence-corrected chi connectivity index (χ4v) is 1.60. The van der Waals surface area contributed by atoms with Gasteiger partial charge < -0.3 is 14.2 Å². The number of esters is 1. The highest BCUT2D eigenvalue weighted by Gasteiger charge is 2.17. The molecule has 19 heavy (non-hydrogen) atoms. The third-order valence-corrected chi connectivity index (χ3v) is 2.32. The van der Waals surface area contributed by atoms with Gasteiger partial charge in [0.1, 0.15) is 0 Å². The number of thiocarbonyl (C=S) groups is 1. The van der Waals surface area contributed by atoms with Crippen molar-refractivity contribution in [3.63, 3.8) is 0 Å². The normalized spacial score (nSPS) is 9.42. The number of hydrogen-bond acceptors (Lipinski definition) is 6. The second kappa shape index (κ2) is 7.51. The van der Waals surface area contributed by atoms with Gasteiger partial charge in [0.05, 0.1) is 36.7 Å². The van der Waals surface area contributed by atoms with Gasteiger partial charge in [0, 0.05) is 12.1 Å². The van der Waals surface area contributed by atoms with Gasteiger partial charge >= 0.3 is 5.97 Å². The number of isothiocyanates is 1. The summed E-state index contributed by atoms with van der Waals surface area (Å²) in [7, 11) is 1.30. The first-order valence-corrected chi connectivity index (χ1v) is 6.18.